The predicted molar refractivity (Wildman–Crippen MR) is 67.8 cm³/mol. The zero-order valence-electron chi connectivity index (χ0n) is 8.76. The van der Waals surface area contributed by atoms with E-state index < -0.39 is 0 Å². The van der Waals surface area contributed by atoms with E-state index in [0.717, 1.165) is 25.2 Å². The van der Waals surface area contributed by atoms with Crippen molar-refractivity contribution in [2.24, 2.45) is 11.7 Å². The first-order valence-electron chi connectivity index (χ1n) is 5.02. The van der Waals surface area contributed by atoms with Crippen molar-refractivity contribution in [1.29, 1.82) is 0 Å². The highest BCUT2D eigenvalue weighted by atomic mass is 35.5. The maximum Gasteiger partial charge on any atom is 0.0652 e. The molecule has 0 aliphatic rings. The molecule has 0 aromatic heterocycles. The van der Waals surface area contributed by atoms with Crippen LogP contribution in [0.5, 0.6) is 0 Å². The molecule has 0 aliphatic heterocycles. The molecule has 0 saturated carbocycles. The molecule has 1 atom stereocenters. The van der Waals surface area contributed by atoms with Crippen LogP contribution in [0.2, 0.25) is 10.0 Å². The van der Waals surface area contributed by atoms with Crippen molar-refractivity contribution >= 4 is 28.9 Å². The first-order valence-corrected chi connectivity index (χ1v) is 5.78. The Labute approximate surface area is 101 Å². The van der Waals surface area contributed by atoms with Crippen LogP contribution in [0.1, 0.15) is 13.3 Å². The SMILES string of the molecule is CC(CCN)CNc1ccc(Cl)cc1Cl. The molecule has 0 bridgehead atoms. The van der Waals surface area contributed by atoms with Gasteiger partial charge >= 0.3 is 0 Å². The Morgan fingerprint density at radius 3 is 2.73 bits per heavy atom. The molecular weight excluding hydrogens is 231 g/mol. The standard InChI is InChI=1S/C11H16Cl2N2/c1-8(4-5-14)7-15-11-3-2-9(12)6-10(11)13/h2-3,6,8,15H,4-5,7,14H2,1H3. The van der Waals surface area contributed by atoms with E-state index in [4.69, 9.17) is 28.9 Å². The van der Waals surface area contributed by atoms with Crippen LogP contribution in [0, 0.1) is 5.92 Å². The molecule has 84 valence electrons. The van der Waals surface area contributed by atoms with Gasteiger partial charge in [-0.3, -0.25) is 0 Å². The minimum absolute atomic E-state index is 0.543. The lowest BCUT2D eigenvalue weighted by molar-refractivity contribution is 0.568. The Hall–Kier alpha value is -0.440. The predicted octanol–water partition coefficient (Wildman–Crippen LogP) is 3.39. The van der Waals surface area contributed by atoms with E-state index in [2.05, 4.69) is 12.2 Å². The Morgan fingerprint density at radius 1 is 1.40 bits per heavy atom. The van der Waals surface area contributed by atoms with Crippen LogP contribution in [-0.4, -0.2) is 13.1 Å². The summed E-state index contributed by atoms with van der Waals surface area (Å²) in [6.07, 6.45) is 1.01. The van der Waals surface area contributed by atoms with E-state index in [1.54, 1.807) is 6.07 Å². The zero-order chi connectivity index (χ0) is 11.3. The van der Waals surface area contributed by atoms with Crippen molar-refractivity contribution in [3.05, 3.63) is 28.2 Å². The summed E-state index contributed by atoms with van der Waals surface area (Å²) < 4.78 is 0. The monoisotopic (exact) mass is 246 g/mol. The Bertz CT molecular complexity index is 315. The van der Waals surface area contributed by atoms with Crippen molar-refractivity contribution in [3.63, 3.8) is 0 Å². The molecule has 0 aliphatic carbocycles. The molecule has 1 aromatic rings. The van der Waals surface area contributed by atoms with E-state index in [1.165, 1.54) is 0 Å². The topological polar surface area (TPSA) is 38.0 Å². The van der Waals surface area contributed by atoms with Gasteiger partial charge in [0.1, 0.15) is 0 Å². The van der Waals surface area contributed by atoms with Crippen LogP contribution in [0.15, 0.2) is 18.2 Å². The first kappa shape index (κ1) is 12.6. The van der Waals surface area contributed by atoms with E-state index in [0.29, 0.717) is 16.0 Å². The number of hydrogen-bond donors (Lipinski definition) is 2. The number of rotatable bonds is 5. The summed E-state index contributed by atoms with van der Waals surface area (Å²) in [5.74, 6) is 0.543. The summed E-state index contributed by atoms with van der Waals surface area (Å²) in [7, 11) is 0. The first-order chi connectivity index (χ1) is 7.13. The van der Waals surface area contributed by atoms with Crippen LogP contribution in [-0.2, 0) is 0 Å². The number of benzene rings is 1. The fraction of sp³-hybridized carbons (Fsp3) is 0.455. The van der Waals surface area contributed by atoms with Crippen molar-refractivity contribution in [3.8, 4) is 0 Å². The van der Waals surface area contributed by atoms with Gasteiger partial charge in [-0.25, -0.2) is 0 Å². The molecule has 1 aromatic carbocycles. The molecule has 0 amide bonds. The van der Waals surface area contributed by atoms with Gasteiger partial charge < -0.3 is 11.1 Å². The number of halogens is 2. The third-order valence-electron chi connectivity index (χ3n) is 2.23. The molecule has 3 N–H and O–H groups in total. The molecule has 1 rings (SSSR count). The minimum Gasteiger partial charge on any atom is -0.384 e. The molecule has 15 heavy (non-hydrogen) atoms. The smallest absolute Gasteiger partial charge is 0.0652 e. The van der Waals surface area contributed by atoms with Gasteiger partial charge in [0.15, 0.2) is 0 Å². The molecule has 0 radical (unpaired) electrons. The Morgan fingerprint density at radius 2 is 2.13 bits per heavy atom. The van der Waals surface area contributed by atoms with Gasteiger partial charge in [0.05, 0.1) is 10.7 Å². The lowest BCUT2D eigenvalue weighted by Gasteiger charge is -2.13. The van der Waals surface area contributed by atoms with Crippen LogP contribution >= 0.6 is 23.2 Å². The van der Waals surface area contributed by atoms with Gasteiger partial charge in [0.2, 0.25) is 0 Å². The van der Waals surface area contributed by atoms with Gasteiger partial charge in [-0.15, -0.1) is 0 Å². The second-order valence-electron chi connectivity index (χ2n) is 3.69. The van der Waals surface area contributed by atoms with Gasteiger partial charge in [-0.1, -0.05) is 30.1 Å². The lowest BCUT2D eigenvalue weighted by Crippen LogP contribution is -2.15. The normalized spacial score (nSPS) is 12.5. The lowest BCUT2D eigenvalue weighted by atomic mass is 10.1. The molecule has 0 saturated heterocycles. The molecule has 2 nitrogen and oxygen atoms in total. The molecule has 0 heterocycles. The third-order valence-corrected chi connectivity index (χ3v) is 2.78. The number of hydrogen-bond acceptors (Lipinski definition) is 2. The van der Waals surface area contributed by atoms with Gasteiger partial charge in [0.25, 0.3) is 0 Å². The highest BCUT2D eigenvalue weighted by Crippen LogP contribution is 2.25. The third kappa shape index (κ3) is 4.29. The maximum absolute atomic E-state index is 6.02. The van der Waals surface area contributed by atoms with Gasteiger partial charge in [-0.2, -0.15) is 0 Å². The van der Waals surface area contributed by atoms with Crippen molar-refractivity contribution < 1.29 is 0 Å². The summed E-state index contributed by atoms with van der Waals surface area (Å²) in [5.41, 5.74) is 6.40. The van der Waals surface area contributed by atoms with Crippen LogP contribution in [0.25, 0.3) is 0 Å². The molecule has 0 spiro atoms. The molecule has 1 unspecified atom stereocenters. The summed E-state index contributed by atoms with van der Waals surface area (Å²) >= 11 is 11.8. The number of nitrogens with one attached hydrogen (secondary N) is 1. The molecular formula is C11H16Cl2N2. The van der Waals surface area contributed by atoms with Crippen molar-refractivity contribution in [1.82, 2.24) is 0 Å². The highest BCUT2D eigenvalue weighted by Gasteiger charge is 2.03. The van der Waals surface area contributed by atoms with Crippen LogP contribution in [0.4, 0.5) is 5.69 Å². The van der Waals surface area contributed by atoms with Crippen LogP contribution in [0.3, 0.4) is 0 Å². The fourth-order valence-electron chi connectivity index (χ4n) is 1.30. The van der Waals surface area contributed by atoms with Crippen molar-refractivity contribution in [2.45, 2.75) is 13.3 Å². The fourth-order valence-corrected chi connectivity index (χ4v) is 1.78. The Kier molecular flexibility index (Phi) is 5.23. The van der Waals surface area contributed by atoms with Crippen LogP contribution < -0.4 is 11.1 Å². The number of anilines is 1. The summed E-state index contributed by atoms with van der Waals surface area (Å²) in [5, 5.41) is 4.59. The highest BCUT2D eigenvalue weighted by molar-refractivity contribution is 6.36. The summed E-state index contributed by atoms with van der Waals surface area (Å²) in [6.45, 7) is 3.75. The second kappa shape index (κ2) is 6.21. The summed E-state index contributed by atoms with van der Waals surface area (Å²) in [6, 6.07) is 5.45. The van der Waals surface area contributed by atoms with Gasteiger partial charge in [-0.05, 0) is 37.1 Å². The molecule has 0 fully saturated rings. The van der Waals surface area contributed by atoms with E-state index >= 15 is 0 Å². The second-order valence-corrected chi connectivity index (χ2v) is 4.53. The Balaban J connectivity index is 2.50. The number of nitrogens with two attached hydrogens (primary N) is 1. The van der Waals surface area contributed by atoms with E-state index in [9.17, 15) is 0 Å². The van der Waals surface area contributed by atoms with E-state index in [1.807, 2.05) is 12.1 Å². The zero-order valence-corrected chi connectivity index (χ0v) is 10.3. The summed E-state index contributed by atoms with van der Waals surface area (Å²) in [4.78, 5) is 0. The molecule has 4 heteroatoms. The average molecular weight is 247 g/mol. The minimum atomic E-state index is 0.543. The van der Waals surface area contributed by atoms with Crippen molar-refractivity contribution in [2.75, 3.05) is 18.4 Å². The largest absolute Gasteiger partial charge is 0.384 e. The van der Waals surface area contributed by atoms with Gasteiger partial charge in [0, 0.05) is 11.6 Å². The maximum atomic E-state index is 6.02. The average Bonchev–Trinajstić information content (AvgIpc) is 2.17. The quantitative estimate of drug-likeness (QED) is 0.836. The van der Waals surface area contributed by atoms with E-state index in [-0.39, 0.29) is 0 Å².